The van der Waals surface area contributed by atoms with Crippen molar-refractivity contribution < 1.29 is 19.1 Å². The van der Waals surface area contributed by atoms with E-state index in [0.717, 1.165) is 0 Å². The van der Waals surface area contributed by atoms with Gasteiger partial charge in [0.15, 0.2) is 5.41 Å². The van der Waals surface area contributed by atoms with Crippen LogP contribution in [-0.2, 0) is 24.5 Å². The molecule has 0 fully saturated rings. The van der Waals surface area contributed by atoms with Gasteiger partial charge in [-0.05, 0) is 33.8 Å². The Morgan fingerprint density at radius 3 is 2.56 bits per heavy atom. The molecule has 0 bridgehead atoms. The first-order chi connectivity index (χ1) is 12.6. The fourth-order valence-electron chi connectivity index (χ4n) is 3.65. The fourth-order valence-corrected chi connectivity index (χ4v) is 3.65. The molecule has 2 N–H and O–H groups in total. The van der Waals surface area contributed by atoms with Gasteiger partial charge < -0.3 is 20.1 Å². The topological polar surface area (TPSA) is 106 Å². The molecule has 27 heavy (non-hydrogen) atoms. The third-order valence-corrected chi connectivity index (χ3v) is 4.62. The Bertz CT molecular complexity index is 962. The van der Waals surface area contributed by atoms with Crippen molar-refractivity contribution >= 4 is 17.6 Å². The second kappa shape index (κ2) is 5.88. The molecule has 7 nitrogen and oxygen atoms in total. The lowest BCUT2D eigenvalue weighted by molar-refractivity contribution is -0.151. The van der Waals surface area contributed by atoms with E-state index in [-0.39, 0.29) is 22.8 Å². The van der Waals surface area contributed by atoms with Crippen LogP contribution in [0.15, 0.2) is 47.1 Å². The molecule has 0 aliphatic carbocycles. The maximum Gasteiger partial charge on any atom is 0.339 e. The van der Waals surface area contributed by atoms with Crippen LogP contribution in [0, 0.1) is 11.3 Å². The molecule has 1 atom stereocenters. The summed E-state index contributed by atoms with van der Waals surface area (Å²) in [6, 6.07) is 8.98. The highest BCUT2D eigenvalue weighted by atomic mass is 16.6. The number of hydrogen-bond acceptors (Lipinski definition) is 6. The van der Waals surface area contributed by atoms with Gasteiger partial charge in [0.2, 0.25) is 11.8 Å². The van der Waals surface area contributed by atoms with Crippen LogP contribution in [0.1, 0.15) is 33.3 Å². The van der Waals surface area contributed by atoms with E-state index in [9.17, 15) is 14.9 Å². The van der Waals surface area contributed by atoms with Gasteiger partial charge in [-0.3, -0.25) is 4.79 Å². The van der Waals surface area contributed by atoms with Crippen LogP contribution in [0.2, 0.25) is 0 Å². The Morgan fingerprint density at radius 1 is 1.33 bits per heavy atom. The number of carbonyl (C=O) groups excluding carboxylic acids is 2. The van der Waals surface area contributed by atoms with E-state index < -0.39 is 22.9 Å². The van der Waals surface area contributed by atoms with E-state index in [2.05, 4.69) is 0 Å². The molecule has 0 radical (unpaired) electrons. The number of allylic oxidation sites excluding steroid dienone is 1. The van der Waals surface area contributed by atoms with E-state index in [1.54, 1.807) is 52.1 Å². The quantitative estimate of drug-likeness (QED) is 0.763. The number of amides is 1. The summed E-state index contributed by atoms with van der Waals surface area (Å²) in [4.78, 5) is 28.0. The average Bonchev–Trinajstić information content (AvgIpc) is 2.77. The fraction of sp³-hybridized carbons (Fsp3) is 0.350. The van der Waals surface area contributed by atoms with Crippen LogP contribution >= 0.6 is 0 Å². The Kier molecular flexibility index (Phi) is 4.03. The van der Waals surface area contributed by atoms with Crippen molar-refractivity contribution in [2.24, 2.45) is 5.73 Å². The first-order valence-electron chi connectivity index (χ1n) is 8.46. The Balaban J connectivity index is 2.38. The number of anilines is 1. The van der Waals surface area contributed by atoms with Gasteiger partial charge in [0.05, 0.1) is 0 Å². The monoisotopic (exact) mass is 367 g/mol. The molecule has 7 heteroatoms. The van der Waals surface area contributed by atoms with Crippen molar-refractivity contribution in [3.8, 4) is 6.07 Å². The van der Waals surface area contributed by atoms with Crippen molar-refractivity contribution in [1.82, 2.24) is 0 Å². The first-order valence-corrected chi connectivity index (χ1v) is 8.46. The molecule has 3 rings (SSSR count). The number of benzene rings is 1. The molecular formula is C20H21N3O4. The lowest BCUT2D eigenvalue weighted by Crippen LogP contribution is -2.48. The predicted molar refractivity (Wildman–Crippen MR) is 98.0 cm³/mol. The second-order valence-electron chi connectivity index (χ2n) is 7.52. The number of fused-ring (bicyclic) bond motifs is 2. The molecule has 1 spiro atoms. The number of hydrogen-bond donors (Lipinski definition) is 1. The molecular weight excluding hydrogens is 346 g/mol. The van der Waals surface area contributed by atoms with Crippen LogP contribution in [0.4, 0.5) is 5.69 Å². The summed E-state index contributed by atoms with van der Waals surface area (Å²) >= 11 is 0. The maximum atomic E-state index is 13.5. The van der Waals surface area contributed by atoms with E-state index >= 15 is 0 Å². The molecule has 140 valence electrons. The summed E-state index contributed by atoms with van der Waals surface area (Å²) in [5, 5.41) is 9.82. The van der Waals surface area contributed by atoms with Crippen molar-refractivity contribution in [3.05, 3.63) is 52.6 Å². The zero-order valence-corrected chi connectivity index (χ0v) is 15.9. The SMILES string of the molecule is CC1=C(C(=O)OC(C)(C)C)[C@]2(C(=O)N(C)c3ccccc32)C(C#N)=C(N)O1. The molecule has 1 aromatic rings. The van der Waals surface area contributed by atoms with Crippen LogP contribution in [0.25, 0.3) is 0 Å². The summed E-state index contributed by atoms with van der Waals surface area (Å²) < 4.78 is 11.0. The Morgan fingerprint density at radius 2 is 1.96 bits per heavy atom. The summed E-state index contributed by atoms with van der Waals surface area (Å²) in [5.41, 5.74) is 4.45. The lowest BCUT2D eigenvalue weighted by Gasteiger charge is -2.35. The van der Waals surface area contributed by atoms with Crippen molar-refractivity contribution in [1.29, 1.82) is 5.26 Å². The third kappa shape index (κ3) is 2.48. The summed E-state index contributed by atoms with van der Waals surface area (Å²) in [6.45, 7) is 6.71. The number of esters is 1. The highest BCUT2D eigenvalue weighted by Crippen LogP contribution is 2.53. The molecule has 1 aromatic carbocycles. The summed E-state index contributed by atoms with van der Waals surface area (Å²) in [7, 11) is 1.60. The number of nitriles is 1. The largest absolute Gasteiger partial charge is 0.456 e. The van der Waals surface area contributed by atoms with E-state index in [1.807, 2.05) is 6.07 Å². The van der Waals surface area contributed by atoms with Crippen molar-refractivity contribution in [2.45, 2.75) is 38.7 Å². The number of nitrogens with two attached hydrogens (primary N) is 1. The smallest absolute Gasteiger partial charge is 0.339 e. The van der Waals surface area contributed by atoms with Crippen LogP contribution in [0.3, 0.4) is 0 Å². The van der Waals surface area contributed by atoms with Crippen LogP contribution in [-0.4, -0.2) is 24.5 Å². The molecule has 0 unspecified atom stereocenters. The van der Waals surface area contributed by atoms with Gasteiger partial charge in [-0.25, -0.2) is 4.79 Å². The lowest BCUT2D eigenvalue weighted by atomic mass is 9.68. The Labute approximate surface area is 157 Å². The number of rotatable bonds is 1. The minimum Gasteiger partial charge on any atom is -0.456 e. The minimum absolute atomic E-state index is 0.0232. The zero-order chi connectivity index (χ0) is 20.1. The van der Waals surface area contributed by atoms with Crippen LogP contribution in [0.5, 0.6) is 0 Å². The van der Waals surface area contributed by atoms with E-state index in [0.29, 0.717) is 11.3 Å². The van der Waals surface area contributed by atoms with Crippen LogP contribution < -0.4 is 10.6 Å². The molecule has 0 aromatic heterocycles. The van der Waals surface area contributed by atoms with Gasteiger partial charge in [-0.15, -0.1) is 0 Å². The normalized spacial score (nSPS) is 21.9. The molecule has 0 saturated carbocycles. The van der Waals surface area contributed by atoms with Gasteiger partial charge in [0.25, 0.3) is 0 Å². The number of carbonyl (C=O) groups is 2. The molecule has 2 aliphatic heterocycles. The molecule has 1 amide bonds. The third-order valence-electron chi connectivity index (χ3n) is 4.62. The number of para-hydroxylation sites is 1. The number of nitrogens with zero attached hydrogens (tertiary/aromatic N) is 2. The highest BCUT2D eigenvalue weighted by Gasteiger charge is 2.61. The Hall–Kier alpha value is -3.27. The second-order valence-corrected chi connectivity index (χ2v) is 7.52. The standard InChI is InChI=1S/C20H21N3O4/c1-11-15(17(24)27-19(2,3)4)20(13(10-21)16(22)26-11)12-8-6-7-9-14(12)23(5)18(20)25/h6-9H,22H2,1-5H3/t20-/m1/s1. The molecule has 2 aliphatic rings. The van der Waals surface area contributed by atoms with Gasteiger partial charge in [0, 0.05) is 18.3 Å². The molecule has 0 saturated heterocycles. The minimum atomic E-state index is -1.69. The first kappa shape index (κ1) is 18.5. The van der Waals surface area contributed by atoms with E-state index in [4.69, 9.17) is 15.2 Å². The summed E-state index contributed by atoms with van der Waals surface area (Å²) in [5.74, 6) is -1.23. The summed E-state index contributed by atoms with van der Waals surface area (Å²) in [6.07, 6.45) is 0. The maximum absolute atomic E-state index is 13.5. The zero-order valence-electron chi connectivity index (χ0n) is 15.9. The average molecular weight is 367 g/mol. The van der Waals surface area contributed by atoms with Gasteiger partial charge >= 0.3 is 5.97 Å². The van der Waals surface area contributed by atoms with Gasteiger partial charge in [-0.2, -0.15) is 5.26 Å². The van der Waals surface area contributed by atoms with Crippen molar-refractivity contribution in [3.63, 3.8) is 0 Å². The van der Waals surface area contributed by atoms with Gasteiger partial charge in [0.1, 0.15) is 28.6 Å². The van der Waals surface area contributed by atoms with E-state index in [1.165, 1.54) is 11.8 Å². The molecule has 2 heterocycles. The van der Waals surface area contributed by atoms with Crippen molar-refractivity contribution in [2.75, 3.05) is 11.9 Å². The predicted octanol–water partition coefficient (Wildman–Crippen LogP) is 2.24. The highest BCUT2D eigenvalue weighted by molar-refractivity contribution is 6.18. The number of ether oxygens (including phenoxy) is 2. The van der Waals surface area contributed by atoms with Gasteiger partial charge in [-0.1, -0.05) is 18.2 Å². The number of likely N-dealkylation sites (N-methyl/N-ethyl adjacent to an activating group) is 1.